The number of rotatable bonds is 4. The molecule has 0 aromatic carbocycles. The fraction of sp³-hybridized carbons (Fsp3) is 0.833. The van der Waals surface area contributed by atoms with Crippen molar-refractivity contribution in [2.75, 3.05) is 13.1 Å². The van der Waals surface area contributed by atoms with Crippen LogP contribution in [0.15, 0.2) is 0 Å². The van der Waals surface area contributed by atoms with Crippen LogP contribution in [0.5, 0.6) is 0 Å². The van der Waals surface area contributed by atoms with Crippen LogP contribution in [0.4, 0.5) is 0 Å². The van der Waals surface area contributed by atoms with Crippen molar-refractivity contribution in [3.63, 3.8) is 0 Å². The van der Waals surface area contributed by atoms with Gasteiger partial charge in [-0.3, -0.25) is 10.2 Å². The number of amides is 1. The van der Waals surface area contributed by atoms with Crippen molar-refractivity contribution in [1.82, 2.24) is 10.7 Å². The maximum absolute atomic E-state index is 10.5. The van der Waals surface area contributed by atoms with Gasteiger partial charge in [0.05, 0.1) is 6.54 Å². The van der Waals surface area contributed by atoms with Crippen molar-refractivity contribution in [1.29, 1.82) is 0 Å². The zero-order valence-electron chi connectivity index (χ0n) is 5.89. The Bertz CT molecular complexity index is 122. The highest BCUT2D eigenvalue weighted by Gasteiger charge is 2.20. The van der Waals surface area contributed by atoms with Crippen molar-refractivity contribution in [2.45, 2.75) is 12.8 Å². The summed E-state index contributed by atoms with van der Waals surface area (Å²) >= 11 is 0. The molecule has 10 heavy (non-hydrogen) atoms. The van der Waals surface area contributed by atoms with Crippen molar-refractivity contribution >= 4 is 5.91 Å². The Morgan fingerprint density at radius 3 is 2.80 bits per heavy atom. The summed E-state index contributed by atoms with van der Waals surface area (Å²) in [6, 6.07) is 0. The number of hydrazine groups is 1. The largest absolute Gasteiger partial charge is 0.308 e. The molecule has 0 atom stereocenters. The van der Waals surface area contributed by atoms with E-state index in [2.05, 4.69) is 10.7 Å². The molecule has 1 amide bonds. The Morgan fingerprint density at radius 1 is 1.60 bits per heavy atom. The first-order valence-corrected chi connectivity index (χ1v) is 3.53. The smallest absolute Gasteiger partial charge is 0.247 e. The van der Waals surface area contributed by atoms with Gasteiger partial charge in [-0.2, -0.15) is 0 Å². The topological polar surface area (TPSA) is 67.1 Å². The molecule has 1 saturated carbocycles. The molecular formula is C6H13N3O. The summed E-state index contributed by atoms with van der Waals surface area (Å²) in [7, 11) is 0. The molecular weight excluding hydrogens is 130 g/mol. The summed E-state index contributed by atoms with van der Waals surface area (Å²) in [6.07, 6.45) is 2.61. The van der Waals surface area contributed by atoms with E-state index in [0.717, 1.165) is 12.5 Å². The van der Waals surface area contributed by atoms with Gasteiger partial charge in [-0.25, -0.2) is 5.84 Å². The van der Waals surface area contributed by atoms with Gasteiger partial charge >= 0.3 is 0 Å². The molecule has 0 aliphatic heterocycles. The molecule has 0 aromatic rings. The quantitative estimate of drug-likeness (QED) is 0.268. The first-order valence-electron chi connectivity index (χ1n) is 3.53. The van der Waals surface area contributed by atoms with Crippen LogP contribution in [-0.2, 0) is 4.79 Å². The van der Waals surface area contributed by atoms with E-state index in [1.807, 2.05) is 0 Å². The minimum Gasteiger partial charge on any atom is -0.308 e. The summed E-state index contributed by atoms with van der Waals surface area (Å²) in [5.41, 5.74) is 2.06. The Balaban J connectivity index is 1.88. The standard InChI is InChI=1S/C6H13N3O/c7-9-6(10)4-8-3-5-1-2-5/h5,8H,1-4,7H2,(H,9,10). The fourth-order valence-electron chi connectivity index (χ4n) is 0.763. The monoisotopic (exact) mass is 143 g/mol. The SMILES string of the molecule is NNC(=O)CNCC1CC1. The minimum absolute atomic E-state index is 0.152. The van der Waals surface area contributed by atoms with Crippen molar-refractivity contribution in [3.8, 4) is 0 Å². The number of nitrogens with one attached hydrogen (secondary N) is 2. The van der Waals surface area contributed by atoms with E-state index in [1.165, 1.54) is 12.8 Å². The molecule has 1 rings (SSSR count). The van der Waals surface area contributed by atoms with Crippen LogP contribution in [0.1, 0.15) is 12.8 Å². The van der Waals surface area contributed by atoms with Gasteiger partial charge < -0.3 is 5.32 Å². The first kappa shape index (κ1) is 7.50. The van der Waals surface area contributed by atoms with Gasteiger partial charge in [-0.15, -0.1) is 0 Å². The lowest BCUT2D eigenvalue weighted by Gasteiger charge is -2.00. The summed E-state index contributed by atoms with van der Waals surface area (Å²) in [5.74, 6) is 5.52. The minimum atomic E-state index is -0.152. The molecule has 4 heteroatoms. The predicted octanol–water partition coefficient (Wildman–Crippen LogP) is -1.02. The molecule has 1 fully saturated rings. The second kappa shape index (κ2) is 3.53. The third-order valence-electron chi connectivity index (χ3n) is 1.58. The molecule has 0 spiro atoms. The van der Waals surface area contributed by atoms with E-state index in [4.69, 9.17) is 5.84 Å². The van der Waals surface area contributed by atoms with E-state index in [-0.39, 0.29) is 5.91 Å². The van der Waals surface area contributed by atoms with Gasteiger partial charge in [0, 0.05) is 0 Å². The van der Waals surface area contributed by atoms with Gasteiger partial charge in [0.25, 0.3) is 0 Å². The Labute approximate surface area is 60.1 Å². The van der Waals surface area contributed by atoms with Crippen molar-refractivity contribution in [2.24, 2.45) is 11.8 Å². The van der Waals surface area contributed by atoms with Crippen molar-refractivity contribution in [3.05, 3.63) is 0 Å². The van der Waals surface area contributed by atoms with Crippen LogP contribution in [-0.4, -0.2) is 19.0 Å². The molecule has 58 valence electrons. The maximum Gasteiger partial charge on any atom is 0.247 e. The Hall–Kier alpha value is -0.610. The molecule has 0 unspecified atom stereocenters. The van der Waals surface area contributed by atoms with Crippen LogP contribution in [0.25, 0.3) is 0 Å². The second-order valence-electron chi connectivity index (χ2n) is 2.64. The Kier molecular flexibility index (Phi) is 2.65. The molecule has 4 N–H and O–H groups in total. The van der Waals surface area contributed by atoms with Gasteiger partial charge in [-0.05, 0) is 25.3 Å². The summed E-state index contributed by atoms with van der Waals surface area (Å²) in [6.45, 7) is 1.29. The number of hydrogen-bond acceptors (Lipinski definition) is 3. The zero-order chi connectivity index (χ0) is 7.40. The van der Waals surface area contributed by atoms with Crippen LogP contribution in [0.2, 0.25) is 0 Å². The van der Waals surface area contributed by atoms with Gasteiger partial charge in [0.15, 0.2) is 0 Å². The molecule has 1 aliphatic rings. The van der Waals surface area contributed by atoms with Crippen molar-refractivity contribution < 1.29 is 4.79 Å². The van der Waals surface area contributed by atoms with Crippen LogP contribution >= 0.6 is 0 Å². The number of nitrogens with two attached hydrogens (primary N) is 1. The van der Waals surface area contributed by atoms with Gasteiger partial charge in [0.2, 0.25) is 5.91 Å². The van der Waals surface area contributed by atoms with Crippen LogP contribution < -0.4 is 16.6 Å². The summed E-state index contributed by atoms with van der Waals surface area (Å²) < 4.78 is 0. The highest BCUT2D eigenvalue weighted by Crippen LogP contribution is 2.27. The third-order valence-corrected chi connectivity index (χ3v) is 1.58. The van der Waals surface area contributed by atoms with E-state index in [9.17, 15) is 4.79 Å². The van der Waals surface area contributed by atoms with E-state index >= 15 is 0 Å². The van der Waals surface area contributed by atoms with Gasteiger partial charge in [0.1, 0.15) is 0 Å². The third kappa shape index (κ3) is 2.80. The lowest BCUT2D eigenvalue weighted by molar-refractivity contribution is -0.120. The highest BCUT2D eigenvalue weighted by atomic mass is 16.2. The molecule has 1 aliphatic carbocycles. The lowest BCUT2D eigenvalue weighted by Crippen LogP contribution is -2.38. The Morgan fingerprint density at radius 2 is 2.30 bits per heavy atom. The van der Waals surface area contributed by atoms with Crippen LogP contribution in [0, 0.1) is 5.92 Å². The second-order valence-corrected chi connectivity index (χ2v) is 2.64. The average Bonchev–Trinajstić information content (AvgIpc) is 2.71. The molecule has 0 saturated heterocycles. The summed E-state index contributed by atoms with van der Waals surface area (Å²) in [4.78, 5) is 10.5. The van der Waals surface area contributed by atoms with E-state index in [0.29, 0.717) is 6.54 Å². The van der Waals surface area contributed by atoms with E-state index in [1.54, 1.807) is 0 Å². The zero-order valence-corrected chi connectivity index (χ0v) is 5.89. The van der Waals surface area contributed by atoms with Crippen LogP contribution in [0.3, 0.4) is 0 Å². The number of hydrogen-bond donors (Lipinski definition) is 3. The lowest BCUT2D eigenvalue weighted by atomic mass is 10.4. The number of carbonyl (C=O) groups excluding carboxylic acids is 1. The maximum atomic E-state index is 10.5. The average molecular weight is 143 g/mol. The summed E-state index contributed by atoms with van der Waals surface area (Å²) in [5, 5.41) is 3.01. The fourth-order valence-corrected chi connectivity index (χ4v) is 0.763. The molecule has 0 aromatic heterocycles. The molecule has 0 heterocycles. The number of carbonyl (C=O) groups is 1. The highest BCUT2D eigenvalue weighted by molar-refractivity contribution is 5.77. The molecule has 0 bridgehead atoms. The molecule has 0 radical (unpaired) electrons. The first-order chi connectivity index (χ1) is 4.83. The van der Waals surface area contributed by atoms with E-state index < -0.39 is 0 Å². The molecule has 4 nitrogen and oxygen atoms in total. The normalized spacial score (nSPS) is 16.9. The van der Waals surface area contributed by atoms with Gasteiger partial charge in [-0.1, -0.05) is 0 Å². The predicted molar refractivity (Wildman–Crippen MR) is 37.9 cm³/mol.